The highest BCUT2D eigenvalue weighted by Gasteiger charge is 2.20. The van der Waals surface area contributed by atoms with Crippen molar-refractivity contribution in [1.82, 2.24) is 14.8 Å². The van der Waals surface area contributed by atoms with E-state index in [-0.39, 0.29) is 4.91 Å². The second kappa shape index (κ2) is 13.0. The van der Waals surface area contributed by atoms with Gasteiger partial charge in [-0.05, 0) is 71.4 Å². The van der Waals surface area contributed by atoms with Crippen LogP contribution in [-0.2, 0) is 17.9 Å². The summed E-state index contributed by atoms with van der Waals surface area (Å²) in [6, 6.07) is 24.4. The van der Waals surface area contributed by atoms with E-state index in [1.54, 1.807) is 38.5 Å². The summed E-state index contributed by atoms with van der Waals surface area (Å²) >= 11 is 7.06. The Kier molecular flexibility index (Phi) is 9.00. The normalized spacial score (nSPS) is 11.5. The highest BCUT2D eigenvalue weighted by atomic mass is 35.5. The molecular formula is C32H28ClN3O5S. The first-order valence-electron chi connectivity index (χ1n) is 13.1. The fraction of sp³-hybridized carbons (Fsp3) is 0.156. The Morgan fingerprint density at radius 3 is 2.36 bits per heavy atom. The standard InChI is InChI=1S/C32H28ClN3O5S/c1-4-36-30(22-15-24(39-2)17-25(16-22)40-3)34-35-32(36)42-29(31(37)38)18-27-26-8-6-5-7-21(26)11-14-28(27)41-19-20-9-12-23(33)13-10-20/h5-18H,4,19H2,1-3H3,(H,37,38)/b29-18-. The van der Waals surface area contributed by atoms with Crippen LogP contribution >= 0.6 is 23.4 Å². The van der Waals surface area contributed by atoms with Gasteiger partial charge in [0.15, 0.2) is 11.0 Å². The third kappa shape index (κ3) is 6.37. The van der Waals surface area contributed by atoms with Crippen molar-refractivity contribution in [2.75, 3.05) is 14.2 Å². The molecule has 0 bridgehead atoms. The summed E-state index contributed by atoms with van der Waals surface area (Å²) in [5, 5.41) is 21.9. The van der Waals surface area contributed by atoms with E-state index in [4.69, 9.17) is 25.8 Å². The van der Waals surface area contributed by atoms with Crippen LogP contribution in [0, 0.1) is 0 Å². The first kappa shape index (κ1) is 29.0. The number of ether oxygens (including phenoxy) is 3. The zero-order chi connectivity index (χ0) is 29.6. The monoisotopic (exact) mass is 601 g/mol. The molecule has 42 heavy (non-hydrogen) atoms. The molecule has 0 aliphatic heterocycles. The molecule has 0 saturated heterocycles. The van der Waals surface area contributed by atoms with Gasteiger partial charge < -0.3 is 23.9 Å². The molecule has 10 heteroatoms. The molecular weight excluding hydrogens is 574 g/mol. The van der Waals surface area contributed by atoms with Gasteiger partial charge in [-0.1, -0.05) is 54.1 Å². The Balaban J connectivity index is 1.54. The second-order valence-corrected chi connectivity index (χ2v) is 10.6. The van der Waals surface area contributed by atoms with E-state index >= 15 is 0 Å². The van der Waals surface area contributed by atoms with Gasteiger partial charge >= 0.3 is 5.97 Å². The average Bonchev–Trinajstić information content (AvgIpc) is 3.43. The highest BCUT2D eigenvalue weighted by molar-refractivity contribution is 8.04. The fourth-order valence-electron chi connectivity index (χ4n) is 4.46. The van der Waals surface area contributed by atoms with E-state index in [9.17, 15) is 9.90 Å². The summed E-state index contributed by atoms with van der Waals surface area (Å²) in [5.41, 5.74) is 2.33. The number of hydrogen-bond acceptors (Lipinski definition) is 7. The number of halogens is 1. The van der Waals surface area contributed by atoms with Crippen molar-refractivity contribution >= 4 is 46.2 Å². The minimum atomic E-state index is -1.09. The van der Waals surface area contributed by atoms with E-state index in [1.165, 1.54) is 0 Å². The van der Waals surface area contributed by atoms with Crippen LogP contribution in [0.1, 0.15) is 18.1 Å². The number of rotatable bonds is 11. The fourth-order valence-corrected chi connectivity index (χ4v) is 5.45. The van der Waals surface area contributed by atoms with Gasteiger partial charge in [0.2, 0.25) is 0 Å². The van der Waals surface area contributed by atoms with Crippen molar-refractivity contribution in [3.05, 3.63) is 99.9 Å². The number of thioether (sulfide) groups is 1. The summed E-state index contributed by atoms with van der Waals surface area (Å²) < 4.78 is 18.9. The molecule has 0 atom stereocenters. The maximum absolute atomic E-state index is 12.6. The molecule has 0 amide bonds. The minimum Gasteiger partial charge on any atom is -0.497 e. The lowest BCUT2D eigenvalue weighted by Gasteiger charge is -2.14. The van der Waals surface area contributed by atoms with Gasteiger partial charge in [0, 0.05) is 28.8 Å². The van der Waals surface area contributed by atoms with Crippen LogP contribution in [0.4, 0.5) is 0 Å². The number of fused-ring (bicyclic) bond motifs is 1. The van der Waals surface area contributed by atoms with Crippen LogP contribution in [0.5, 0.6) is 17.2 Å². The van der Waals surface area contributed by atoms with Crippen LogP contribution in [0.3, 0.4) is 0 Å². The van der Waals surface area contributed by atoms with Gasteiger partial charge in [-0.25, -0.2) is 4.79 Å². The lowest BCUT2D eigenvalue weighted by atomic mass is 10.0. The zero-order valence-corrected chi connectivity index (χ0v) is 24.8. The Morgan fingerprint density at radius 2 is 1.69 bits per heavy atom. The lowest BCUT2D eigenvalue weighted by molar-refractivity contribution is -0.131. The van der Waals surface area contributed by atoms with Gasteiger partial charge in [-0.15, -0.1) is 10.2 Å². The van der Waals surface area contributed by atoms with Crippen molar-refractivity contribution in [2.45, 2.75) is 25.2 Å². The van der Waals surface area contributed by atoms with E-state index in [2.05, 4.69) is 10.2 Å². The molecule has 1 heterocycles. The lowest BCUT2D eigenvalue weighted by Crippen LogP contribution is -2.03. The molecule has 0 spiro atoms. The van der Waals surface area contributed by atoms with Crippen molar-refractivity contribution in [3.8, 4) is 28.6 Å². The molecule has 5 rings (SSSR count). The Morgan fingerprint density at radius 1 is 0.976 bits per heavy atom. The predicted molar refractivity (Wildman–Crippen MR) is 165 cm³/mol. The average molecular weight is 602 g/mol. The number of hydrogen-bond donors (Lipinski definition) is 1. The number of carboxylic acids is 1. The topological polar surface area (TPSA) is 95.7 Å². The van der Waals surface area contributed by atoms with E-state index < -0.39 is 5.97 Å². The number of carboxylic acid groups (broad SMARTS) is 1. The third-order valence-electron chi connectivity index (χ3n) is 6.57. The molecule has 0 radical (unpaired) electrons. The number of benzene rings is 4. The molecule has 0 fully saturated rings. The molecule has 1 aromatic heterocycles. The van der Waals surface area contributed by atoms with E-state index in [1.807, 2.05) is 72.2 Å². The molecule has 0 aliphatic carbocycles. The second-order valence-electron chi connectivity index (χ2n) is 9.18. The first-order chi connectivity index (χ1) is 20.4. The Labute approximate surface area is 252 Å². The maximum Gasteiger partial charge on any atom is 0.342 e. The van der Waals surface area contributed by atoms with E-state index in [0.717, 1.165) is 33.7 Å². The Hall–Kier alpha value is -4.47. The third-order valence-corrected chi connectivity index (χ3v) is 7.82. The van der Waals surface area contributed by atoms with Crippen molar-refractivity contribution in [1.29, 1.82) is 0 Å². The minimum absolute atomic E-state index is 0.0690. The molecule has 0 unspecified atom stereocenters. The number of nitrogens with zero attached hydrogens (tertiary/aromatic N) is 3. The number of aliphatic carboxylic acids is 1. The predicted octanol–water partition coefficient (Wildman–Crippen LogP) is 7.59. The number of methoxy groups -OCH3 is 2. The van der Waals surface area contributed by atoms with Crippen molar-refractivity contribution < 1.29 is 24.1 Å². The summed E-state index contributed by atoms with van der Waals surface area (Å²) in [5.74, 6) is 1.25. The van der Waals surface area contributed by atoms with Crippen LogP contribution in [0.15, 0.2) is 88.9 Å². The SMILES string of the molecule is CCn1c(S/C(=C\c2c(OCc3ccc(Cl)cc3)ccc3ccccc23)C(=O)O)nnc1-c1cc(OC)cc(OC)c1. The molecule has 0 aliphatic rings. The molecule has 5 aromatic rings. The molecule has 8 nitrogen and oxygen atoms in total. The van der Waals surface area contributed by atoms with Crippen LogP contribution in [0.2, 0.25) is 5.02 Å². The molecule has 1 N–H and O–H groups in total. The molecule has 214 valence electrons. The zero-order valence-electron chi connectivity index (χ0n) is 23.2. The first-order valence-corrected chi connectivity index (χ1v) is 14.3. The van der Waals surface area contributed by atoms with Crippen LogP contribution in [0.25, 0.3) is 28.2 Å². The summed E-state index contributed by atoms with van der Waals surface area (Å²) in [4.78, 5) is 12.6. The van der Waals surface area contributed by atoms with Crippen LogP contribution in [-0.4, -0.2) is 40.1 Å². The molecule has 0 saturated carbocycles. The quantitative estimate of drug-likeness (QED) is 0.122. The van der Waals surface area contributed by atoms with Gasteiger partial charge in [-0.2, -0.15) is 0 Å². The van der Waals surface area contributed by atoms with E-state index in [0.29, 0.717) is 52.0 Å². The maximum atomic E-state index is 12.6. The summed E-state index contributed by atoms with van der Waals surface area (Å²) in [6.45, 7) is 2.76. The highest BCUT2D eigenvalue weighted by Crippen LogP contribution is 2.36. The number of carbonyl (C=O) groups is 1. The number of aromatic nitrogens is 3. The largest absolute Gasteiger partial charge is 0.497 e. The van der Waals surface area contributed by atoms with Crippen molar-refractivity contribution in [3.63, 3.8) is 0 Å². The van der Waals surface area contributed by atoms with Gasteiger partial charge in [-0.3, -0.25) is 0 Å². The Bertz CT molecular complexity index is 1750. The van der Waals surface area contributed by atoms with Crippen molar-refractivity contribution in [2.24, 2.45) is 0 Å². The molecule has 4 aromatic carbocycles. The summed E-state index contributed by atoms with van der Waals surface area (Å²) in [7, 11) is 3.16. The smallest absolute Gasteiger partial charge is 0.342 e. The van der Waals surface area contributed by atoms with Gasteiger partial charge in [0.1, 0.15) is 28.8 Å². The van der Waals surface area contributed by atoms with Gasteiger partial charge in [0.05, 0.1) is 14.2 Å². The van der Waals surface area contributed by atoms with Crippen LogP contribution < -0.4 is 14.2 Å². The summed E-state index contributed by atoms with van der Waals surface area (Å²) in [6.07, 6.45) is 1.63. The van der Waals surface area contributed by atoms with Gasteiger partial charge in [0.25, 0.3) is 0 Å².